The summed E-state index contributed by atoms with van der Waals surface area (Å²) in [6.07, 6.45) is 4.70. The summed E-state index contributed by atoms with van der Waals surface area (Å²) in [4.78, 5) is 12.4. The zero-order chi connectivity index (χ0) is 15.5. The standard InChI is InChI=1S/C17H22N4O.ClH/c1-12(18)9-10-19-17(22)15-11-20-21(16(15)13-7-8-13)14-5-3-2-4-6-14;/h2-6,11-13H,7-10,18H2,1H3,(H,19,22);1H. The van der Waals surface area contributed by atoms with Gasteiger partial charge < -0.3 is 11.1 Å². The van der Waals surface area contributed by atoms with Gasteiger partial charge >= 0.3 is 0 Å². The van der Waals surface area contributed by atoms with Crippen molar-refractivity contribution in [1.82, 2.24) is 15.1 Å². The first-order chi connectivity index (χ1) is 10.7. The molecule has 1 fully saturated rings. The van der Waals surface area contributed by atoms with Crippen molar-refractivity contribution < 1.29 is 4.79 Å². The number of carbonyl (C=O) groups excluding carboxylic acids is 1. The van der Waals surface area contributed by atoms with Gasteiger partial charge in [-0.3, -0.25) is 4.79 Å². The number of hydrogen-bond acceptors (Lipinski definition) is 3. The minimum atomic E-state index is -0.0512. The molecule has 6 heteroatoms. The Hall–Kier alpha value is -1.85. The van der Waals surface area contributed by atoms with Crippen LogP contribution >= 0.6 is 12.4 Å². The fourth-order valence-electron chi connectivity index (χ4n) is 2.57. The number of halogens is 1. The highest BCUT2D eigenvalue weighted by Crippen LogP contribution is 2.42. The van der Waals surface area contributed by atoms with Crippen LogP contribution in [0.25, 0.3) is 5.69 Å². The molecule has 124 valence electrons. The highest BCUT2D eigenvalue weighted by Gasteiger charge is 2.32. The van der Waals surface area contributed by atoms with Gasteiger partial charge in [0.15, 0.2) is 0 Å². The Kier molecular flexibility index (Phi) is 5.80. The predicted molar refractivity (Wildman–Crippen MR) is 93.4 cm³/mol. The molecule has 1 heterocycles. The Balaban J connectivity index is 0.00000192. The Morgan fingerprint density at radius 3 is 2.70 bits per heavy atom. The fourth-order valence-corrected chi connectivity index (χ4v) is 2.57. The zero-order valence-electron chi connectivity index (χ0n) is 13.2. The van der Waals surface area contributed by atoms with E-state index in [1.54, 1.807) is 6.20 Å². The molecule has 1 atom stereocenters. The van der Waals surface area contributed by atoms with Crippen molar-refractivity contribution in [2.24, 2.45) is 5.73 Å². The summed E-state index contributed by atoms with van der Waals surface area (Å²) in [5, 5.41) is 7.39. The Morgan fingerprint density at radius 2 is 2.09 bits per heavy atom. The van der Waals surface area contributed by atoms with Crippen LogP contribution in [0.1, 0.15) is 48.2 Å². The molecule has 23 heavy (non-hydrogen) atoms. The van der Waals surface area contributed by atoms with Gasteiger partial charge in [0.25, 0.3) is 5.91 Å². The third kappa shape index (κ3) is 4.12. The van der Waals surface area contributed by atoms with E-state index >= 15 is 0 Å². The second-order valence-corrected chi connectivity index (χ2v) is 5.99. The normalized spacial score (nSPS) is 14.9. The Labute approximate surface area is 142 Å². The number of amides is 1. The van der Waals surface area contributed by atoms with Gasteiger partial charge in [0.1, 0.15) is 0 Å². The molecular weight excluding hydrogens is 312 g/mol. The molecule has 1 amide bonds. The quantitative estimate of drug-likeness (QED) is 0.853. The third-order valence-electron chi connectivity index (χ3n) is 3.90. The lowest BCUT2D eigenvalue weighted by Crippen LogP contribution is -2.29. The third-order valence-corrected chi connectivity index (χ3v) is 3.90. The average molecular weight is 335 g/mol. The van der Waals surface area contributed by atoms with Crippen LogP contribution in [0.2, 0.25) is 0 Å². The van der Waals surface area contributed by atoms with Gasteiger partial charge in [0.2, 0.25) is 0 Å². The maximum atomic E-state index is 12.4. The van der Waals surface area contributed by atoms with Crippen LogP contribution in [-0.2, 0) is 0 Å². The van der Waals surface area contributed by atoms with Gasteiger partial charge in [0, 0.05) is 18.5 Å². The molecule has 2 aromatic rings. The molecule has 3 N–H and O–H groups in total. The van der Waals surface area contributed by atoms with Crippen LogP contribution in [0, 0.1) is 0 Å². The van der Waals surface area contributed by atoms with Gasteiger partial charge in [-0.05, 0) is 38.3 Å². The number of aromatic nitrogens is 2. The summed E-state index contributed by atoms with van der Waals surface area (Å²) in [6.45, 7) is 2.53. The molecule has 5 nitrogen and oxygen atoms in total. The number of para-hydroxylation sites is 1. The van der Waals surface area contributed by atoms with E-state index < -0.39 is 0 Å². The van der Waals surface area contributed by atoms with E-state index in [2.05, 4.69) is 10.4 Å². The largest absolute Gasteiger partial charge is 0.352 e. The molecule has 0 saturated heterocycles. The predicted octanol–water partition coefficient (Wildman–Crippen LogP) is 2.64. The summed E-state index contributed by atoms with van der Waals surface area (Å²) >= 11 is 0. The minimum absolute atomic E-state index is 0. The SMILES string of the molecule is CC(N)CCNC(=O)c1cnn(-c2ccccc2)c1C1CC1.Cl. The molecular formula is C17H23ClN4O. The van der Waals surface area contributed by atoms with E-state index in [0.29, 0.717) is 18.0 Å². The van der Waals surface area contributed by atoms with Crippen LogP contribution in [0.15, 0.2) is 36.5 Å². The van der Waals surface area contributed by atoms with E-state index in [0.717, 1.165) is 30.6 Å². The summed E-state index contributed by atoms with van der Waals surface area (Å²) < 4.78 is 1.90. The number of rotatable bonds is 6. The minimum Gasteiger partial charge on any atom is -0.352 e. The van der Waals surface area contributed by atoms with Crippen molar-refractivity contribution in [3.63, 3.8) is 0 Å². The second kappa shape index (κ2) is 7.62. The monoisotopic (exact) mass is 334 g/mol. The van der Waals surface area contributed by atoms with Gasteiger partial charge in [0.05, 0.1) is 23.1 Å². The van der Waals surface area contributed by atoms with E-state index in [9.17, 15) is 4.79 Å². The summed E-state index contributed by atoms with van der Waals surface area (Å²) in [7, 11) is 0. The number of hydrogen-bond donors (Lipinski definition) is 2. The van der Waals surface area contributed by atoms with Gasteiger partial charge in [-0.2, -0.15) is 5.10 Å². The lowest BCUT2D eigenvalue weighted by atomic mass is 10.1. The maximum Gasteiger partial charge on any atom is 0.254 e. The van der Waals surface area contributed by atoms with Crippen molar-refractivity contribution in [3.8, 4) is 5.69 Å². The van der Waals surface area contributed by atoms with Crippen LogP contribution in [0.5, 0.6) is 0 Å². The molecule has 0 spiro atoms. The Bertz CT molecular complexity index is 650. The van der Waals surface area contributed by atoms with Gasteiger partial charge in [-0.15, -0.1) is 12.4 Å². The average Bonchev–Trinajstić information content (AvgIpc) is 3.25. The summed E-state index contributed by atoms with van der Waals surface area (Å²) in [5.74, 6) is 0.390. The highest BCUT2D eigenvalue weighted by molar-refractivity contribution is 5.95. The van der Waals surface area contributed by atoms with Gasteiger partial charge in [-0.25, -0.2) is 4.68 Å². The number of nitrogens with zero attached hydrogens (tertiary/aromatic N) is 2. The van der Waals surface area contributed by atoms with Crippen LogP contribution < -0.4 is 11.1 Å². The molecule has 1 aromatic heterocycles. The molecule has 0 radical (unpaired) electrons. The molecule has 1 saturated carbocycles. The highest BCUT2D eigenvalue weighted by atomic mass is 35.5. The molecule has 3 rings (SSSR count). The molecule has 0 aliphatic heterocycles. The first-order valence-corrected chi connectivity index (χ1v) is 7.84. The van der Waals surface area contributed by atoms with Crippen molar-refractivity contribution in [3.05, 3.63) is 47.8 Å². The van der Waals surface area contributed by atoms with Crippen molar-refractivity contribution in [2.75, 3.05) is 6.54 Å². The molecule has 1 aliphatic rings. The smallest absolute Gasteiger partial charge is 0.254 e. The van der Waals surface area contributed by atoms with Crippen LogP contribution in [-0.4, -0.2) is 28.3 Å². The van der Waals surface area contributed by atoms with E-state index in [1.807, 2.05) is 41.9 Å². The van der Waals surface area contributed by atoms with Gasteiger partial charge in [-0.1, -0.05) is 18.2 Å². The zero-order valence-corrected chi connectivity index (χ0v) is 14.1. The van der Waals surface area contributed by atoms with Crippen molar-refractivity contribution in [1.29, 1.82) is 0 Å². The number of carbonyl (C=O) groups is 1. The first kappa shape index (κ1) is 17.5. The molecule has 1 unspecified atom stereocenters. The van der Waals surface area contributed by atoms with E-state index in [4.69, 9.17) is 5.73 Å². The maximum absolute atomic E-state index is 12.4. The van der Waals surface area contributed by atoms with Crippen molar-refractivity contribution >= 4 is 18.3 Å². The van der Waals surface area contributed by atoms with Crippen molar-refractivity contribution in [2.45, 2.75) is 38.1 Å². The Morgan fingerprint density at radius 1 is 1.39 bits per heavy atom. The molecule has 0 bridgehead atoms. The van der Waals surface area contributed by atoms with Crippen LogP contribution in [0.3, 0.4) is 0 Å². The second-order valence-electron chi connectivity index (χ2n) is 5.99. The molecule has 1 aliphatic carbocycles. The van der Waals surface area contributed by atoms with E-state index in [-0.39, 0.29) is 24.4 Å². The fraction of sp³-hybridized carbons (Fsp3) is 0.412. The first-order valence-electron chi connectivity index (χ1n) is 7.84. The number of benzene rings is 1. The summed E-state index contributed by atoms with van der Waals surface area (Å²) in [5.41, 5.74) is 8.44. The molecule has 1 aromatic carbocycles. The topological polar surface area (TPSA) is 72.9 Å². The number of nitrogens with two attached hydrogens (primary N) is 1. The van der Waals surface area contributed by atoms with Crippen LogP contribution in [0.4, 0.5) is 0 Å². The lowest BCUT2D eigenvalue weighted by molar-refractivity contribution is 0.0951. The summed E-state index contributed by atoms with van der Waals surface area (Å²) in [6, 6.07) is 10.1. The van der Waals surface area contributed by atoms with E-state index in [1.165, 1.54) is 0 Å². The number of nitrogens with one attached hydrogen (secondary N) is 1. The lowest BCUT2D eigenvalue weighted by Gasteiger charge is -2.10.